The number of hydrogen-bond donors (Lipinski definition) is 0. The van der Waals surface area contributed by atoms with Crippen molar-refractivity contribution < 1.29 is 0 Å². The second-order valence-electron chi connectivity index (χ2n) is 2.13. The number of benzene rings is 1. The van der Waals surface area contributed by atoms with Crippen LogP contribution >= 0.6 is 54.5 Å². The van der Waals surface area contributed by atoms with Gasteiger partial charge in [-0.25, -0.2) is 0 Å². The van der Waals surface area contributed by atoms with Crippen molar-refractivity contribution in [1.29, 1.82) is 5.26 Å². The number of nitrogens with zero attached hydrogens (tertiary/aromatic N) is 1. The second-order valence-corrected chi connectivity index (χ2v) is 5.06. The lowest BCUT2D eigenvalue weighted by Crippen LogP contribution is -1.91. The summed E-state index contributed by atoms with van der Waals surface area (Å²) in [5.41, 5.74) is 1.00. The fraction of sp³-hybridized carbons (Fsp3) is 0.125. The van der Waals surface area contributed by atoms with Crippen LogP contribution in [0.1, 0.15) is 10.4 Å². The highest BCUT2D eigenvalue weighted by Gasteiger charge is 2.12. The zero-order valence-corrected chi connectivity index (χ0v) is 11.2. The molecule has 1 rings (SSSR count). The standard InChI is InChI=1S/C8H4Br2IN/c9-5-2-1-3-7(11)8(5)6(10)4-12/h1-3,6H. The highest BCUT2D eigenvalue weighted by Crippen LogP contribution is 2.32. The first-order valence-corrected chi connectivity index (χ1v) is 5.93. The van der Waals surface area contributed by atoms with Gasteiger partial charge in [-0.2, -0.15) is 5.26 Å². The van der Waals surface area contributed by atoms with Gasteiger partial charge in [0.25, 0.3) is 0 Å². The molecule has 0 radical (unpaired) electrons. The Bertz CT molecular complexity index is 312. The van der Waals surface area contributed by atoms with Crippen molar-refractivity contribution in [2.45, 2.75) is 4.83 Å². The highest BCUT2D eigenvalue weighted by atomic mass is 127. The van der Waals surface area contributed by atoms with Crippen LogP contribution in [0, 0.1) is 14.9 Å². The summed E-state index contributed by atoms with van der Waals surface area (Å²) in [4.78, 5) is -0.236. The van der Waals surface area contributed by atoms with E-state index in [2.05, 4.69) is 60.5 Å². The van der Waals surface area contributed by atoms with E-state index in [9.17, 15) is 0 Å². The van der Waals surface area contributed by atoms with E-state index in [1.807, 2.05) is 18.2 Å². The van der Waals surface area contributed by atoms with Gasteiger partial charge in [0.1, 0.15) is 4.83 Å². The minimum atomic E-state index is -0.236. The summed E-state index contributed by atoms with van der Waals surface area (Å²) in [5, 5.41) is 8.72. The molecule has 0 aliphatic rings. The van der Waals surface area contributed by atoms with E-state index in [1.165, 1.54) is 0 Å². The summed E-state index contributed by atoms with van der Waals surface area (Å²) >= 11 is 8.91. The van der Waals surface area contributed by atoms with Crippen molar-refractivity contribution in [3.8, 4) is 6.07 Å². The third kappa shape index (κ3) is 2.21. The van der Waals surface area contributed by atoms with Crippen LogP contribution in [-0.2, 0) is 0 Å². The molecule has 1 nitrogen and oxygen atoms in total. The fourth-order valence-electron chi connectivity index (χ4n) is 0.817. The molecular weight excluding hydrogens is 397 g/mol. The van der Waals surface area contributed by atoms with Gasteiger partial charge in [0, 0.05) is 13.6 Å². The summed E-state index contributed by atoms with van der Waals surface area (Å²) < 4.78 is 2.06. The Morgan fingerprint density at radius 1 is 1.50 bits per heavy atom. The first kappa shape index (κ1) is 10.5. The third-order valence-electron chi connectivity index (χ3n) is 1.37. The third-order valence-corrected chi connectivity index (χ3v) is 3.66. The molecule has 1 unspecified atom stereocenters. The van der Waals surface area contributed by atoms with E-state index >= 15 is 0 Å². The molecule has 1 aromatic rings. The van der Waals surface area contributed by atoms with Crippen LogP contribution in [0.3, 0.4) is 0 Å². The predicted octanol–water partition coefficient (Wildman–Crippen LogP) is 4.01. The average molecular weight is 401 g/mol. The summed E-state index contributed by atoms with van der Waals surface area (Å²) in [6.07, 6.45) is 0. The molecule has 0 aliphatic carbocycles. The molecule has 1 atom stereocenters. The van der Waals surface area contributed by atoms with Gasteiger partial charge in [0.15, 0.2) is 0 Å². The van der Waals surface area contributed by atoms with Gasteiger partial charge in [-0.3, -0.25) is 0 Å². The summed E-state index contributed by atoms with van der Waals surface area (Å²) in [6, 6.07) is 8.01. The Kier molecular flexibility index (Phi) is 4.00. The van der Waals surface area contributed by atoms with Crippen LogP contribution < -0.4 is 0 Å². The molecule has 0 saturated heterocycles. The molecule has 0 amide bonds. The second kappa shape index (κ2) is 4.58. The largest absolute Gasteiger partial charge is 0.197 e. The lowest BCUT2D eigenvalue weighted by atomic mass is 10.2. The molecule has 0 saturated carbocycles. The van der Waals surface area contributed by atoms with Crippen LogP contribution in [0.25, 0.3) is 0 Å². The topological polar surface area (TPSA) is 23.8 Å². The lowest BCUT2D eigenvalue weighted by molar-refractivity contribution is 1.21. The van der Waals surface area contributed by atoms with Gasteiger partial charge in [-0.15, -0.1) is 0 Å². The van der Waals surface area contributed by atoms with Crippen molar-refractivity contribution in [1.82, 2.24) is 0 Å². The summed E-state index contributed by atoms with van der Waals surface area (Å²) in [6.45, 7) is 0. The van der Waals surface area contributed by atoms with Gasteiger partial charge in [0.2, 0.25) is 0 Å². The Balaban J connectivity index is 3.23. The monoisotopic (exact) mass is 399 g/mol. The predicted molar refractivity (Wildman–Crippen MR) is 64.1 cm³/mol. The van der Waals surface area contributed by atoms with Crippen molar-refractivity contribution >= 4 is 54.5 Å². The first-order chi connectivity index (χ1) is 5.66. The molecular formula is C8H4Br2IN. The number of hydrogen-bond acceptors (Lipinski definition) is 1. The SMILES string of the molecule is N#CC(Br)c1c(Br)cccc1I. The molecule has 0 fully saturated rings. The quantitative estimate of drug-likeness (QED) is 0.516. The molecule has 0 N–H and O–H groups in total. The van der Waals surface area contributed by atoms with E-state index < -0.39 is 0 Å². The number of alkyl halides is 1. The van der Waals surface area contributed by atoms with E-state index in [0.717, 1.165) is 13.6 Å². The molecule has 0 spiro atoms. The number of rotatable bonds is 1. The van der Waals surface area contributed by atoms with Crippen molar-refractivity contribution in [3.05, 3.63) is 31.8 Å². The molecule has 0 aromatic heterocycles. The maximum atomic E-state index is 8.72. The number of nitriles is 1. The fourth-order valence-corrected chi connectivity index (χ4v) is 3.82. The van der Waals surface area contributed by atoms with E-state index in [-0.39, 0.29) is 4.83 Å². The van der Waals surface area contributed by atoms with Gasteiger partial charge >= 0.3 is 0 Å². The van der Waals surface area contributed by atoms with Crippen molar-refractivity contribution in [2.24, 2.45) is 0 Å². The first-order valence-electron chi connectivity index (χ1n) is 3.14. The maximum absolute atomic E-state index is 8.72. The zero-order valence-electron chi connectivity index (χ0n) is 5.89. The normalized spacial score (nSPS) is 12.2. The molecule has 1 aromatic carbocycles. The van der Waals surface area contributed by atoms with Gasteiger partial charge in [-0.1, -0.05) is 37.9 Å². The Morgan fingerprint density at radius 2 is 2.17 bits per heavy atom. The van der Waals surface area contributed by atoms with Crippen LogP contribution in [0.2, 0.25) is 0 Å². The van der Waals surface area contributed by atoms with Gasteiger partial charge in [0.05, 0.1) is 6.07 Å². The van der Waals surface area contributed by atoms with Crippen molar-refractivity contribution in [3.63, 3.8) is 0 Å². The highest BCUT2D eigenvalue weighted by molar-refractivity contribution is 14.1. The zero-order chi connectivity index (χ0) is 9.14. The van der Waals surface area contributed by atoms with Crippen LogP contribution in [-0.4, -0.2) is 0 Å². The minimum absolute atomic E-state index is 0.236. The lowest BCUT2D eigenvalue weighted by Gasteiger charge is -2.06. The minimum Gasteiger partial charge on any atom is -0.197 e. The molecule has 12 heavy (non-hydrogen) atoms. The summed E-state index contributed by atoms with van der Waals surface area (Å²) in [5.74, 6) is 0. The maximum Gasteiger partial charge on any atom is 0.128 e. The molecule has 0 heterocycles. The molecule has 4 heteroatoms. The van der Waals surface area contributed by atoms with E-state index in [1.54, 1.807) is 0 Å². The van der Waals surface area contributed by atoms with Crippen LogP contribution in [0.5, 0.6) is 0 Å². The van der Waals surface area contributed by atoms with Crippen LogP contribution in [0.15, 0.2) is 22.7 Å². The Labute approximate surface area is 102 Å². The molecule has 0 aliphatic heterocycles. The average Bonchev–Trinajstić information content (AvgIpc) is 2.03. The number of halogens is 3. The van der Waals surface area contributed by atoms with Crippen molar-refractivity contribution in [2.75, 3.05) is 0 Å². The Hall–Kier alpha value is 0.400. The van der Waals surface area contributed by atoms with Crippen LogP contribution in [0.4, 0.5) is 0 Å². The molecule has 0 bridgehead atoms. The summed E-state index contributed by atoms with van der Waals surface area (Å²) in [7, 11) is 0. The molecule has 62 valence electrons. The van der Waals surface area contributed by atoms with Gasteiger partial charge < -0.3 is 0 Å². The smallest absolute Gasteiger partial charge is 0.128 e. The van der Waals surface area contributed by atoms with Gasteiger partial charge in [-0.05, 0) is 34.7 Å². The van der Waals surface area contributed by atoms with E-state index in [4.69, 9.17) is 5.26 Å². The van der Waals surface area contributed by atoms with E-state index in [0.29, 0.717) is 0 Å². The Morgan fingerprint density at radius 3 is 2.67 bits per heavy atom.